The standard InChI is InChI=1S/C6H9NO2/c1-5(7-3)4-9-6(2)8/h5H,4H2,1-2H3. The Morgan fingerprint density at radius 2 is 2.44 bits per heavy atom. The van der Waals surface area contributed by atoms with Crippen molar-refractivity contribution in [2.75, 3.05) is 6.61 Å². The lowest BCUT2D eigenvalue weighted by molar-refractivity contribution is -0.141. The van der Waals surface area contributed by atoms with Crippen LogP contribution in [-0.4, -0.2) is 18.6 Å². The summed E-state index contributed by atoms with van der Waals surface area (Å²) in [5.41, 5.74) is 0. The molecule has 0 fully saturated rings. The molecule has 0 aromatic rings. The Kier molecular flexibility index (Phi) is 3.45. The van der Waals surface area contributed by atoms with Crippen LogP contribution >= 0.6 is 0 Å². The molecule has 0 radical (unpaired) electrons. The first-order valence-corrected chi connectivity index (χ1v) is 2.66. The Labute approximate surface area is 54.4 Å². The van der Waals surface area contributed by atoms with Crippen molar-refractivity contribution in [2.24, 2.45) is 0 Å². The van der Waals surface area contributed by atoms with Gasteiger partial charge in [0.05, 0.1) is 0 Å². The van der Waals surface area contributed by atoms with Crippen LogP contribution in [0.1, 0.15) is 13.8 Å². The monoisotopic (exact) mass is 127 g/mol. The minimum absolute atomic E-state index is 0.207. The summed E-state index contributed by atoms with van der Waals surface area (Å²) in [6, 6.07) is -0.214. The molecule has 1 atom stereocenters. The van der Waals surface area contributed by atoms with Gasteiger partial charge >= 0.3 is 5.97 Å². The van der Waals surface area contributed by atoms with Crippen molar-refractivity contribution in [2.45, 2.75) is 19.9 Å². The van der Waals surface area contributed by atoms with Crippen molar-refractivity contribution < 1.29 is 9.53 Å². The molecule has 50 valence electrons. The van der Waals surface area contributed by atoms with Gasteiger partial charge < -0.3 is 9.58 Å². The lowest BCUT2D eigenvalue weighted by Gasteiger charge is -1.97. The van der Waals surface area contributed by atoms with Crippen LogP contribution in [0, 0.1) is 6.57 Å². The summed E-state index contributed by atoms with van der Waals surface area (Å²) in [5, 5.41) is 0. The van der Waals surface area contributed by atoms with Gasteiger partial charge in [-0.3, -0.25) is 4.79 Å². The zero-order valence-electron chi connectivity index (χ0n) is 5.55. The van der Waals surface area contributed by atoms with E-state index in [1.165, 1.54) is 6.92 Å². The summed E-state index contributed by atoms with van der Waals surface area (Å²) in [6.45, 7) is 9.73. The largest absolute Gasteiger partial charge is 0.458 e. The Morgan fingerprint density at radius 1 is 1.89 bits per heavy atom. The van der Waals surface area contributed by atoms with Crippen LogP contribution in [0.2, 0.25) is 0 Å². The van der Waals surface area contributed by atoms with Crippen LogP contribution in [0.5, 0.6) is 0 Å². The summed E-state index contributed by atoms with van der Waals surface area (Å²) < 4.78 is 4.54. The fourth-order valence-corrected chi connectivity index (χ4v) is 0.275. The third-order valence-corrected chi connectivity index (χ3v) is 0.748. The number of ether oxygens (including phenoxy) is 1. The van der Waals surface area contributed by atoms with Crippen LogP contribution in [0.15, 0.2) is 0 Å². The highest BCUT2D eigenvalue weighted by Gasteiger charge is 2.04. The van der Waals surface area contributed by atoms with Gasteiger partial charge in [0.1, 0.15) is 0 Å². The number of esters is 1. The molecule has 0 heterocycles. The summed E-state index contributed by atoms with van der Waals surface area (Å²) >= 11 is 0. The van der Waals surface area contributed by atoms with E-state index in [0.717, 1.165) is 0 Å². The van der Waals surface area contributed by atoms with Gasteiger partial charge in [0.2, 0.25) is 0 Å². The van der Waals surface area contributed by atoms with Crippen molar-refractivity contribution in [3.05, 3.63) is 11.4 Å². The third kappa shape index (κ3) is 4.82. The molecule has 9 heavy (non-hydrogen) atoms. The highest BCUT2D eigenvalue weighted by atomic mass is 16.5. The van der Waals surface area contributed by atoms with Gasteiger partial charge in [0, 0.05) is 13.8 Å². The maximum atomic E-state index is 10.1. The van der Waals surface area contributed by atoms with Gasteiger partial charge in [-0.2, -0.15) is 0 Å². The number of carbonyl (C=O) groups is 1. The van der Waals surface area contributed by atoms with Crippen molar-refractivity contribution in [1.29, 1.82) is 0 Å². The molecule has 0 aromatic heterocycles. The minimum atomic E-state index is -0.328. The molecule has 3 nitrogen and oxygen atoms in total. The molecular formula is C6H9NO2. The van der Waals surface area contributed by atoms with E-state index in [9.17, 15) is 4.79 Å². The molecule has 0 saturated heterocycles. The Morgan fingerprint density at radius 3 is 2.78 bits per heavy atom. The van der Waals surface area contributed by atoms with E-state index >= 15 is 0 Å². The summed E-state index contributed by atoms with van der Waals surface area (Å²) in [7, 11) is 0. The van der Waals surface area contributed by atoms with Gasteiger partial charge in [-0.1, -0.05) is 0 Å². The molecule has 0 saturated carbocycles. The second kappa shape index (κ2) is 3.90. The SMILES string of the molecule is [C-]#[N+]C(C)COC(C)=O. The fraction of sp³-hybridized carbons (Fsp3) is 0.667. The Hall–Kier alpha value is -1.04. The van der Waals surface area contributed by atoms with Crippen LogP contribution in [0.25, 0.3) is 4.85 Å². The molecule has 0 aliphatic carbocycles. The molecular weight excluding hydrogens is 118 g/mol. The normalized spacial score (nSPS) is 11.7. The van der Waals surface area contributed by atoms with E-state index in [-0.39, 0.29) is 18.6 Å². The quantitative estimate of drug-likeness (QED) is 0.407. The third-order valence-electron chi connectivity index (χ3n) is 0.748. The Balaban J connectivity index is 3.30. The van der Waals surface area contributed by atoms with Crippen molar-refractivity contribution in [3.8, 4) is 0 Å². The van der Waals surface area contributed by atoms with Crippen LogP contribution < -0.4 is 0 Å². The number of hydrogen-bond donors (Lipinski definition) is 0. The van der Waals surface area contributed by atoms with Crippen molar-refractivity contribution >= 4 is 5.97 Å². The van der Waals surface area contributed by atoms with E-state index in [4.69, 9.17) is 6.57 Å². The van der Waals surface area contributed by atoms with Gasteiger partial charge in [0.15, 0.2) is 6.61 Å². The van der Waals surface area contributed by atoms with Crippen LogP contribution in [0.4, 0.5) is 0 Å². The summed E-state index contributed by atoms with van der Waals surface area (Å²) in [6.07, 6.45) is 0. The molecule has 0 amide bonds. The fourth-order valence-electron chi connectivity index (χ4n) is 0.275. The van der Waals surface area contributed by atoms with E-state index in [0.29, 0.717) is 0 Å². The molecule has 1 unspecified atom stereocenters. The molecule has 0 rings (SSSR count). The molecule has 0 aliphatic rings. The predicted molar refractivity (Wildman–Crippen MR) is 32.7 cm³/mol. The van der Waals surface area contributed by atoms with Gasteiger partial charge in [-0.15, -0.1) is 0 Å². The zero-order chi connectivity index (χ0) is 7.28. The van der Waals surface area contributed by atoms with E-state index in [1.807, 2.05) is 0 Å². The average Bonchev–Trinajstić information content (AvgIpc) is 1.83. The lowest BCUT2D eigenvalue weighted by atomic mass is 10.4. The first-order valence-electron chi connectivity index (χ1n) is 2.66. The molecule has 0 aliphatic heterocycles. The van der Waals surface area contributed by atoms with Gasteiger partial charge in [-0.25, -0.2) is 6.57 Å². The summed E-state index contributed by atoms with van der Waals surface area (Å²) in [5.74, 6) is -0.328. The molecule has 0 aromatic carbocycles. The molecule has 0 N–H and O–H groups in total. The van der Waals surface area contributed by atoms with E-state index in [1.54, 1.807) is 6.92 Å². The van der Waals surface area contributed by atoms with Gasteiger partial charge in [0.25, 0.3) is 6.04 Å². The topological polar surface area (TPSA) is 30.7 Å². The molecule has 0 spiro atoms. The smallest absolute Gasteiger partial charge is 0.302 e. The van der Waals surface area contributed by atoms with E-state index < -0.39 is 0 Å². The highest BCUT2D eigenvalue weighted by Crippen LogP contribution is 1.88. The van der Waals surface area contributed by atoms with Crippen LogP contribution in [-0.2, 0) is 9.53 Å². The second-order valence-corrected chi connectivity index (χ2v) is 1.78. The Bertz CT molecular complexity index is 136. The number of rotatable bonds is 2. The first-order chi connectivity index (χ1) is 4.16. The van der Waals surface area contributed by atoms with Crippen molar-refractivity contribution in [1.82, 2.24) is 0 Å². The van der Waals surface area contributed by atoms with Crippen molar-refractivity contribution in [3.63, 3.8) is 0 Å². The van der Waals surface area contributed by atoms with Crippen LogP contribution in [0.3, 0.4) is 0 Å². The molecule has 0 bridgehead atoms. The molecule has 3 heteroatoms. The van der Waals surface area contributed by atoms with E-state index in [2.05, 4.69) is 9.58 Å². The average molecular weight is 127 g/mol. The first kappa shape index (κ1) is 7.96. The highest BCUT2D eigenvalue weighted by molar-refractivity contribution is 5.65. The minimum Gasteiger partial charge on any atom is -0.458 e. The second-order valence-electron chi connectivity index (χ2n) is 1.78. The zero-order valence-corrected chi connectivity index (χ0v) is 5.55. The number of hydrogen-bond acceptors (Lipinski definition) is 2. The maximum absolute atomic E-state index is 10.1. The number of carbonyl (C=O) groups excluding carboxylic acids is 1. The predicted octanol–water partition coefficient (Wildman–Crippen LogP) is 0.857. The summed E-state index contributed by atoms with van der Waals surface area (Å²) in [4.78, 5) is 13.3. The number of nitrogens with zero attached hydrogens (tertiary/aromatic N) is 1. The maximum Gasteiger partial charge on any atom is 0.302 e. The lowest BCUT2D eigenvalue weighted by Crippen LogP contribution is -2.09. The van der Waals surface area contributed by atoms with Gasteiger partial charge in [-0.05, 0) is 0 Å².